The monoisotopic (exact) mass is 321 g/mol. The second kappa shape index (κ2) is 7.11. The van der Waals surface area contributed by atoms with Gasteiger partial charge in [-0.25, -0.2) is 4.79 Å². The molecule has 0 bridgehead atoms. The van der Waals surface area contributed by atoms with Crippen molar-refractivity contribution in [1.29, 1.82) is 0 Å². The van der Waals surface area contributed by atoms with Gasteiger partial charge in [0.15, 0.2) is 11.5 Å². The molecule has 0 radical (unpaired) electrons. The van der Waals surface area contributed by atoms with Crippen LogP contribution in [0.4, 0.5) is 4.79 Å². The molecule has 0 aliphatic carbocycles. The molecule has 1 aliphatic heterocycles. The highest BCUT2D eigenvalue weighted by Gasteiger charge is 2.31. The van der Waals surface area contributed by atoms with Gasteiger partial charge in [0.05, 0.1) is 20.3 Å². The number of carbonyl (C=O) groups is 1. The third-order valence-electron chi connectivity index (χ3n) is 3.92. The largest absolute Gasteiger partial charge is 0.493 e. The Bertz CT molecular complexity index is 550. The fourth-order valence-electron chi connectivity index (χ4n) is 2.88. The molecule has 1 atom stereocenters. The Morgan fingerprint density at radius 2 is 1.83 bits per heavy atom. The molecule has 128 valence electrons. The third-order valence-corrected chi connectivity index (χ3v) is 3.92. The lowest BCUT2D eigenvalue weighted by atomic mass is 9.95. The topological polar surface area (TPSA) is 48.0 Å². The standard InChI is InChI=1S/C18H27NO4/c1-18(2,3)23-17(20)19-11-7-6-8-14(19)13-9-10-15(21-4)16(12-13)22-5/h9-10,12,14H,6-8,11H2,1-5H3. The first-order valence-corrected chi connectivity index (χ1v) is 8.07. The minimum absolute atomic E-state index is 0.0124. The number of carbonyl (C=O) groups excluding carboxylic acids is 1. The minimum Gasteiger partial charge on any atom is -0.493 e. The Morgan fingerprint density at radius 1 is 1.13 bits per heavy atom. The van der Waals surface area contributed by atoms with Gasteiger partial charge in [0.1, 0.15) is 5.60 Å². The van der Waals surface area contributed by atoms with Crippen molar-refractivity contribution in [3.8, 4) is 11.5 Å². The van der Waals surface area contributed by atoms with Gasteiger partial charge in [0.25, 0.3) is 0 Å². The van der Waals surface area contributed by atoms with Crippen LogP contribution in [-0.4, -0.2) is 37.4 Å². The van der Waals surface area contributed by atoms with E-state index in [9.17, 15) is 4.79 Å². The zero-order valence-electron chi connectivity index (χ0n) is 14.7. The normalized spacial score (nSPS) is 18.5. The lowest BCUT2D eigenvalue weighted by Crippen LogP contribution is -2.41. The van der Waals surface area contributed by atoms with Crippen LogP contribution in [0.1, 0.15) is 51.6 Å². The van der Waals surface area contributed by atoms with E-state index in [1.54, 1.807) is 14.2 Å². The SMILES string of the molecule is COc1ccc(C2CCCCN2C(=O)OC(C)(C)C)cc1OC. The second-order valence-corrected chi connectivity index (χ2v) is 6.80. The maximum atomic E-state index is 12.5. The number of hydrogen-bond donors (Lipinski definition) is 0. The molecule has 1 aliphatic rings. The molecule has 1 amide bonds. The van der Waals surface area contributed by atoms with E-state index in [2.05, 4.69) is 0 Å². The molecule has 1 aromatic carbocycles. The summed E-state index contributed by atoms with van der Waals surface area (Å²) in [6, 6.07) is 5.84. The molecule has 1 saturated heterocycles. The smallest absolute Gasteiger partial charge is 0.410 e. The first-order valence-electron chi connectivity index (χ1n) is 8.07. The molecule has 0 N–H and O–H groups in total. The summed E-state index contributed by atoms with van der Waals surface area (Å²) < 4.78 is 16.2. The Kier molecular flexibility index (Phi) is 5.39. The van der Waals surface area contributed by atoms with Crippen molar-refractivity contribution in [3.63, 3.8) is 0 Å². The van der Waals surface area contributed by atoms with Crippen LogP contribution in [0.25, 0.3) is 0 Å². The summed E-state index contributed by atoms with van der Waals surface area (Å²) in [5, 5.41) is 0. The number of nitrogens with zero attached hydrogens (tertiary/aromatic N) is 1. The summed E-state index contributed by atoms with van der Waals surface area (Å²) in [5.74, 6) is 1.37. The quantitative estimate of drug-likeness (QED) is 0.838. The van der Waals surface area contributed by atoms with E-state index < -0.39 is 5.60 Å². The van der Waals surface area contributed by atoms with Gasteiger partial charge in [-0.05, 0) is 57.7 Å². The molecule has 5 heteroatoms. The Hall–Kier alpha value is -1.91. The van der Waals surface area contributed by atoms with Crippen molar-refractivity contribution < 1.29 is 19.0 Å². The van der Waals surface area contributed by atoms with E-state index in [4.69, 9.17) is 14.2 Å². The van der Waals surface area contributed by atoms with E-state index in [-0.39, 0.29) is 12.1 Å². The number of likely N-dealkylation sites (tertiary alicyclic amines) is 1. The number of rotatable bonds is 3. The molecule has 1 heterocycles. The molecule has 2 rings (SSSR count). The molecule has 0 aromatic heterocycles. The minimum atomic E-state index is -0.489. The van der Waals surface area contributed by atoms with Crippen LogP contribution >= 0.6 is 0 Å². The van der Waals surface area contributed by atoms with Gasteiger partial charge in [0.2, 0.25) is 0 Å². The summed E-state index contributed by atoms with van der Waals surface area (Å²) >= 11 is 0. The third kappa shape index (κ3) is 4.30. The molecule has 1 unspecified atom stereocenters. The van der Waals surface area contributed by atoms with Crippen LogP contribution in [0.5, 0.6) is 11.5 Å². The van der Waals surface area contributed by atoms with Crippen LogP contribution in [0.15, 0.2) is 18.2 Å². The van der Waals surface area contributed by atoms with E-state index in [0.717, 1.165) is 24.8 Å². The van der Waals surface area contributed by atoms with Gasteiger partial charge in [-0.2, -0.15) is 0 Å². The van der Waals surface area contributed by atoms with Crippen molar-refractivity contribution in [1.82, 2.24) is 4.90 Å². The van der Waals surface area contributed by atoms with Crippen LogP contribution in [0, 0.1) is 0 Å². The van der Waals surface area contributed by atoms with Crippen LogP contribution in [0.3, 0.4) is 0 Å². The maximum absolute atomic E-state index is 12.5. The fourth-order valence-corrected chi connectivity index (χ4v) is 2.88. The lowest BCUT2D eigenvalue weighted by Gasteiger charge is -2.37. The highest BCUT2D eigenvalue weighted by Crippen LogP contribution is 2.36. The first-order chi connectivity index (χ1) is 10.9. The second-order valence-electron chi connectivity index (χ2n) is 6.80. The van der Waals surface area contributed by atoms with Gasteiger partial charge in [-0.1, -0.05) is 6.07 Å². The number of ether oxygens (including phenoxy) is 3. The Morgan fingerprint density at radius 3 is 2.43 bits per heavy atom. The molecular weight excluding hydrogens is 294 g/mol. The Labute approximate surface area is 138 Å². The van der Waals surface area contributed by atoms with Crippen LogP contribution in [-0.2, 0) is 4.74 Å². The van der Waals surface area contributed by atoms with E-state index in [1.807, 2.05) is 43.9 Å². The van der Waals surface area contributed by atoms with E-state index >= 15 is 0 Å². The molecule has 5 nitrogen and oxygen atoms in total. The predicted octanol–water partition coefficient (Wildman–Crippen LogP) is 4.17. The van der Waals surface area contributed by atoms with Gasteiger partial charge in [-0.15, -0.1) is 0 Å². The number of benzene rings is 1. The summed E-state index contributed by atoms with van der Waals surface area (Å²) in [4.78, 5) is 14.4. The summed E-state index contributed by atoms with van der Waals surface area (Å²) in [6.07, 6.45) is 2.77. The zero-order chi connectivity index (χ0) is 17.0. The first kappa shape index (κ1) is 17.4. The van der Waals surface area contributed by atoms with Crippen molar-refractivity contribution in [2.75, 3.05) is 20.8 Å². The molecular formula is C18H27NO4. The summed E-state index contributed by atoms with van der Waals surface area (Å²) in [5.41, 5.74) is 0.560. The van der Waals surface area contributed by atoms with Gasteiger partial charge < -0.3 is 19.1 Å². The summed E-state index contributed by atoms with van der Waals surface area (Å²) in [7, 11) is 3.24. The van der Waals surface area contributed by atoms with Crippen molar-refractivity contribution >= 4 is 6.09 Å². The van der Waals surface area contributed by atoms with E-state index in [0.29, 0.717) is 18.0 Å². The number of amides is 1. The predicted molar refractivity (Wildman–Crippen MR) is 89.1 cm³/mol. The molecule has 0 saturated carbocycles. The molecule has 23 heavy (non-hydrogen) atoms. The van der Waals surface area contributed by atoms with Gasteiger partial charge in [-0.3, -0.25) is 0 Å². The zero-order valence-corrected chi connectivity index (χ0v) is 14.7. The molecule has 1 aromatic rings. The van der Waals surface area contributed by atoms with Crippen molar-refractivity contribution in [2.45, 2.75) is 51.7 Å². The lowest BCUT2D eigenvalue weighted by molar-refractivity contribution is 0.00948. The van der Waals surface area contributed by atoms with Crippen LogP contribution in [0.2, 0.25) is 0 Å². The molecule has 1 fully saturated rings. The fraction of sp³-hybridized carbons (Fsp3) is 0.611. The van der Waals surface area contributed by atoms with Crippen molar-refractivity contribution in [2.24, 2.45) is 0 Å². The molecule has 0 spiro atoms. The maximum Gasteiger partial charge on any atom is 0.410 e. The number of hydrogen-bond acceptors (Lipinski definition) is 4. The Balaban J connectivity index is 2.26. The van der Waals surface area contributed by atoms with E-state index in [1.165, 1.54) is 0 Å². The number of piperidine rings is 1. The van der Waals surface area contributed by atoms with Gasteiger partial charge >= 0.3 is 6.09 Å². The summed E-state index contributed by atoms with van der Waals surface area (Å²) in [6.45, 7) is 6.38. The highest BCUT2D eigenvalue weighted by atomic mass is 16.6. The van der Waals surface area contributed by atoms with Crippen LogP contribution < -0.4 is 9.47 Å². The van der Waals surface area contributed by atoms with Gasteiger partial charge in [0, 0.05) is 6.54 Å². The highest BCUT2D eigenvalue weighted by molar-refractivity contribution is 5.69. The average Bonchev–Trinajstić information content (AvgIpc) is 2.52. The van der Waals surface area contributed by atoms with Crippen molar-refractivity contribution in [3.05, 3.63) is 23.8 Å². The number of methoxy groups -OCH3 is 2. The average molecular weight is 321 g/mol.